The van der Waals surface area contributed by atoms with Crippen molar-refractivity contribution in [3.8, 4) is 6.07 Å². The Morgan fingerprint density at radius 1 is 1.07 bits per heavy atom. The normalized spacial score (nSPS) is 19.8. The minimum atomic E-state index is -3.91. The van der Waals surface area contributed by atoms with Gasteiger partial charge in [0, 0.05) is 17.6 Å². The molecule has 0 aliphatic heterocycles. The van der Waals surface area contributed by atoms with Gasteiger partial charge in [-0.25, -0.2) is 8.42 Å². The number of rotatable bonds is 6. The van der Waals surface area contributed by atoms with Crippen LogP contribution in [0, 0.1) is 17.2 Å². The number of hydrogen-bond donors (Lipinski definition) is 1. The van der Waals surface area contributed by atoms with Gasteiger partial charge in [0.1, 0.15) is 0 Å². The zero-order valence-electron chi connectivity index (χ0n) is 16.5. The van der Waals surface area contributed by atoms with Gasteiger partial charge in [-0.1, -0.05) is 43.0 Å². The van der Waals surface area contributed by atoms with Gasteiger partial charge >= 0.3 is 0 Å². The number of nitrogens with two attached hydrogens (primary N) is 1. The predicted molar refractivity (Wildman–Crippen MR) is 115 cm³/mol. The van der Waals surface area contributed by atoms with Crippen LogP contribution in [0.5, 0.6) is 0 Å². The molecule has 0 heterocycles. The first-order valence-electron chi connectivity index (χ1n) is 9.88. The molecule has 1 aliphatic rings. The van der Waals surface area contributed by atoms with Crippen LogP contribution in [0.1, 0.15) is 43.2 Å². The summed E-state index contributed by atoms with van der Waals surface area (Å²) in [4.78, 5) is 12.3. The van der Waals surface area contributed by atoms with Crippen LogP contribution >= 0.6 is 11.6 Å². The van der Waals surface area contributed by atoms with Crippen LogP contribution in [0.3, 0.4) is 0 Å². The molecule has 3 rings (SSSR count). The molecule has 8 heteroatoms. The quantitative estimate of drug-likeness (QED) is 0.682. The third-order valence-electron chi connectivity index (χ3n) is 5.56. The van der Waals surface area contributed by atoms with Crippen molar-refractivity contribution in [2.75, 3.05) is 0 Å². The number of primary amides is 1. The molecule has 158 valence electrons. The summed E-state index contributed by atoms with van der Waals surface area (Å²) in [7, 11) is -3.91. The maximum atomic E-state index is 13.6. The van der Waals surface area contributed by atoms with Crippen LogP contribution in [-0.2, 0) is 21.4 Å². The topological polar surface area (TPSA) is 104 Å². The van der Waals surface area contributed by atoms with Crippen LogP contribution in [-0.4, -0.2) is 24.7 Å². The molecule has 0 unspecified atom stereocenters. The van der Waals surface area contributed by atoms with E-state index in [0.29, 0.717) is 23.4 Å². The Balaban J connectivity index is 2.05. The fourth-order valence-electron chi connectivity index (χ4n) is 3.95. The Bertz CT molecular complexity index is 1030. The van der Waals surface area contributed by atoms with Gasteiger partial charge in [0.2, 0.25) is 15.9 Å². The van der Waals surface area contributed by atoms with Crippen LogP contribution in [0.25, 0.3) is 0 Å². The van der Waals surface area contributed by atoms with E-state index in [9.17, 15) is 13.2 Å². The second-order valence-corrected chi connectivity index (χ2v) is 9.85. The van der Waals surface area contributed by atoms with Crippen LogP contribution in [0.15, 0.2) is 53.4 Å². The molecule has 6 nitrogen and oxygen atoms in total. The summed E-state index contributed by atoms with van der Waals surface area (Å²) in [5, 5.41) is 9.46. The maximum Gasteiger partial charge on any atom is 0.243 e. The average molecular weight is 446 g/mol. The predicted octanol–water partition coefficient (Wildman–Crippen LogP) is 3.84. The average Bonchev–Trinajstić information content (AvgIpc) is 2.98. The summed E-state index contributed by atoms with van der Waals surface area (Å²) in [5.74, 6) is -1.02. The molecule has 2 atom stereocenters. The van der Waals surface area contributed by atoms with E-state index in [2.05, 4.69) is 6.07 Å². The summed E-state index contributed by atoms with van der Waals surface area (Å²) in [5.41, 5.74) is 6.91. The van der Waals surface area contributed by atoms with E-state index in [1.54, 1.807) is 24.3 Å². The van der Waals surface area contributed by atoms with Gasteiger partial charge in [-0.05, 0) is 54.8 Å². The third-order valence-corrected chi connectivity index (χ3v) is 7.69. The first-order chi connectivity index (χ1) is 14.3. The molecule has 0 aromatic heterocycles. The van der Waals surface area contributed by atoms with E-state index in [1.807, 2.05) is 0 Å². The van der Waals surface area contributed by atoms with Gasteiger partial charge < -0.3 is 5.73 Å². The van der Waals surface area contributed by atoms with Gasteiger partial charge in [0.15, 0.2) is 0 Å². The number of hydrogen-bond acceptors (Lipinski definition) is 4. The largest absolute Gasteiger partial charge is 0.369 e. The Morgan fingerprint density at radius 3 is 2.30 bits per heavy atom. The van der Waals surface area contributed by atoms with Gasteiger partial charge in [0.05, 0.1) is 22.4 Å². The molecule has 30 heavy (non-hydrogen) atoms. The molecule has 1 fully saturated rings. The minimum Gasteiger partial charge on any atom is -0.369 e. The summed E-state index contributed by atoms with van der Waals surface area (Å²) >= 11 is 5.94. The Labute approximate surface area is 182 Å². The highest BCUT2D eigenvalue weighted by Crippen LogP contribution is 2.33. The number of carbonyl (C=O) groups is 1. The van der Waals surface area contributed by atoms with Gasteiger partial charge in [0.25, 0.3) is 0 Å². The lowest BCUT2D eigenvalue weighted by molar-refractivity contribution is -0.123. The highest BCUT2D eigenvalue weighted by Gasteiger charge is 2.39. The number of halogens is 1. The number of nitrogens with zero attached hydrogens (tertiary/aromatic N) is 2. The summed E-state index contributed by atoms with van der Waals surface area (Å²) < 4.78 is 28.7. The van der Waals surface area contributed by atoms with Gasteiger partial charge in [-0.2, -0.15) is 9.57 Å². The van der Waals surface area contributed by atoms with E-state index in [0.717, 1.165) is 24.8 Å². The summed E-state index contributed by atoms with van der Waals surface area (Å²) in [6.45, 7) is 0.0884. The second kappa shape index (κ2) is 9.61. The standard InChI is InChI=1S/C22H24ClN3O3S/c23-18-10-12-19(13-11-18)30(28,29)26(15-17-8-6-16(14-24)7-9-17)21-5-3-1-2-4-20(21)22(25)27/h6-13,20-21H,1-5,15H2,(H2,25,27)/t20-,21+/m0/s1. The number of carbonyl (C=O) groups excluding carboxylic acids is 1. The molecule has 1 amide bonds. The van der Waals surface area contributed by atoms with Crippen molar-refractivity contribution in [1.82, 2.24) is 4.31 Å². The van der Waals surface area contributed by atoms with Gasteiger partial charge in [-0.3, -0.25) is 4.79 Å². The fourth-order valence-corrected chi connectivity index (χ4v) is 5.76. The van der Waals surface area contributed by atoms with E-state index in [-0.39, 0.29) is 11.4 Å². The molecule has 1 aliphatic carbocycles. The fraction of sp³-hybridized carbons (Fsp3) is 0.364. The molecule has 2 N–H and O–H groups in total. The van der Waals surface area contributed by atoms with E-state index >= 15 is 0 Å². The molecule has 0 saturated heterocycles. The zero-order chi connectivity index (χ0) is 21.7. The van der Waals surface area contributed by atoms with Gasteiger partial charge in [-0.15, -0.1) is 0 Å². The van der Waals surface area contributed by atoms with Crippen LogP contribution < -0.4 is 5.73 Å². The molecule has 0 spiro atoms. The lowest BCUT2D eigenvalue weighted by atomic mass is 9.94. The Hall–Kier alpha value is -2.40. The second-order valence-electron chi connectivity index (χ2n) is 7.53. The Kier molecular flexibility index (Phi) is 7.14. The van der Waals surface area contributed by atoms with E-state index < -0.39 is 27.9 Å². The van der Waals surface area contributed by atoms with Crippen molar-refractivity contribution in [3.63, 3.8) is 0 Å². The lowest BCUT2D eigenvalue weighted by Crippen LogP contribution is -2.47. The molecule has 1 saturated carbocycles. The molecule has 2 aromatic carbocycles. The maximum absolute atomic E-state index is 13.6. The van der Waals surface area contributed by atoms with E-state index in [1.165, 1.54) is 28.6 Å². The zero-order valence-corrected chi connectivity index (χ0v) is 18.1. The number of amides is 1. The summed E-state index contributed by atoms with van der Waals surface area (Å²) in [6.07, 6.45) is 3.74. The number of nitriles is 1. The van der Waals surface area contributed by atoms with Crippen molar-refractivity contribution >= 4 is 27.5 Å². The minimum absolute atomic E-state index is 0.0884. The first kappa shape index (κ1) is 22.3. The monoisotopic (exact) mass is 445 g/mol. The lowest BCUT2D eigenvalue weighted by Gasteiger charge is -2.34. The van der Waals surface area contributed by atoms with Crippen LogP contribution in [0.4, 0.5) is 0 Å². The third kappa shape index (κ3) is 5.01. The summed E-state index contributed by atoms with van der Waals surface area (Å²) in [6, 6.07) is 14.3. The van der Waals surface area contributed by atoms with Crippen LogP contribution in [0.2, 0.25) is 5.02 Å². The smallest absolute Gasteiger partial charge is 0.243 e. The van der Waals surface area contributed by atoms with Crippen molar-refractivity contribution in [1.29, 1.82) is 5.26 Å². The molecular weight excluding hydrogens is 422 g/mol. The van der Waals surface area contributed by atoms with E-state index in [4.69, 9.17) is 22.6 Å². The highest BCUT2D eigenvalue weighted by atomic mass is 35.5. The molecule has 2 aromatic rings. The van der Waals surface area contributed by atoms with Crippen molar-refractivity contribution in [2.24, 2.45) is 11.7 Å². The molecule has 0 radical (unpaired) electrons. The number of benzene rings is 2. The SMILES string of the molecule is N#Cc1ccc(CN([C@@H]2CCCCC[C@@H]2C(N)=O)S(=O)(=O)c2ccc(Cl)cc2)cc1. The number of sulfonamides is 1. The molecular formula is C22H24ClN3O3S. The van der Waals surface area contributed by atoms with Crippen molar-refractivity contribution < 1.29 is 13.2 Å². The Morgan fingerprint density at radius 2 is 1.70 bits per heavy atom. The molecule has 0 bridgehead atoms. The first-order valence-corrected chi connectivity index (χ1v) is 11.7. The highest BCUT2D eigenvalue weighted by molar-refractivity contribution is 7.89. The van der Waals surface area contributed by atoms with Crippen molar-refractivity contribution in [3.05, 3.63) is 64.7 Å². The van der Waals surface area contributed by atoms with Crippen molar-refractivity contribution in [2.45, 2.75) is 49.6 Å².